The number of aryl methyl sites for hydroxylation is 2. The monoisotopic (exact) mass is 248 g/mol. The van der Waals surface area contributed by atoms with Crippen LogP contribution in [0.5, 0.6) is 0 Å². The number of carbonyl (C=O) groups is 1. The van der Waals surface area contributed by atoms with Gasteiger partial charge in [0.2, 0.25) is 0 Å². The van der Waals surface area contributed by atoms with Crippen LogP contribution in [-0.2, 0) is 12.8 Å². The normalized spacial score (nSPS) is 15.0. The zero-order chi connectivity index (χ0) is 13.0. The van der Waals surface area contributed by atoms with E-state index >= 15 is 0 Å². The molecule has 0 radical (unpaired) electrons. The van der Waals surface area contributed by atoms with Gasteiger partial charge in [0, 0.05) is 5.69 Å². The van der Waals surface area contributed by atoms with E-state index < -0.39 is 0 Å². The van der Waals surface area contributed by atoms with E-state index in [1.165, 1.54) is 17.5 Å². The molecule has 0 bridgehead atoms. The molecule has 0 aromatic heterocycles. The Balaban J connectivity index is 1.95. The zero-order valence-electron chi connectivity index (χ0n) is 10.7. The number of fused-ring (bicyclic) bond motifs is 1. The molecule has 0 saturated heterocycles. The van der Waals surface area contributed by atoms with Gasteiger partial charge in [0.25, 0.3) is 0 Å². The van der Waals surface area contributed by atoms with Crippen LogP contribution in [0.15, 0.2) is 18.2 Å². The Morgan fingerprint density at radius 2 is 2.17 bits per heavy atom. The smallest absolute Gasteiger partial charge is 0.319 e. The second-order valence-electron chi connectivity index (χ2n) is 4.72. The maximum atomic E-state index is 11.7. The predicted molar refractivity (Wildman–Crippen MR) is 71.8 cm³/mol. The second kappa shape index (κ2) is 5.87. The standard InChI is InChI=1S/C14H20N2O2/c1-2-12(9-17)15-14(18)16-13-7-6-10-4-3-5-11(10)8-13/h6-8,12,17H,2-5,9H2,1H3,(H2,15,16,18). The van der Waals surface area contributed by atoms with Crippen molar-refractivity contribution in [3.8, 4) is 0 Å². The highest BCUT2D eigenvalue weighted by atomic mass is 16.3. The predicted octanol–water partition coefficient (Wildman–Crippen LogP) is 2.07. The molecule has 1 aromatic carbocycles. The van der Waals surface area contributed by atoms with Gasteiger partial charge in [-0.05, 0) is 48.9 Å². The summed E-state index contributed by atoms with van der Waals surface area (Å²) in [5.74, 6) is 0. The second-order valence-corrected chi connectivity index (χ2v) is 4.72. The van der Waals surface area contributed by atoms with Crippen molar-refractivity contribution in [2.24, 2.45) is 0 Å². The maximum Gasteiger partial charge on any atom is 0.319 e. The number of hydrogen-bond acceptors (Lipinski definition) is 2. The highest BCUT2D eigenvalue weighted by Gasteiger charge is 2.13. The number of urea groups is 1. The van der Waals surface area contributed by atoms with Crippen LogP contribution in [0.1, 0.15) is 30.9 Å². The Morgan fingerprint density at radius 3 is 2.89 bits per heavy atom. The molecule has 1 aromatic rings. The first kappa shape index (κ1) is 12.9. The number of hydrogen-bond donors (Lipinski definition) is 3. The van der Waals surface area contributed by atoms with Crippen LogP contribution in [-0.4, -0.2) is 23.8 Å². The first-order valence-electron chi connectivity index (χ1n) is 6.53. The molecule has 18 heavy (non-hydrogen) atoms. The van der Waals surface area contributed by atoms with Gasteiger partial charge in [0.1, 0.15) is 0 Å². The number of benzene rings is 1. The summed E-state index contributed by atoms with van der Waals surface area (Å²) in [6.07, 6.45) is 4.16. The van der Waals surface area contributed by atoms with Crippen LogP contribution < -0.4 is 10.6 Å². The Kier molecular flexibility index (Phi) is 4.20. The minimum atomic E-state index is -0.256. The van der Waals surface area contributed by atoms with Crippen molar-refractivity contribution < 1.29 is 9.90 Å². The van der Waals surface area contributed by atoms with Crippen molar-refractivity contribution in [1.29, 1.82) is 0 Å². The highest BCUT2D eigenvalue weighted by Crippen LogP contribution is 2.24. The third-order valence-corrected chi connectivity index (χ3v) is 3.40. The fourth-order valence-corrected chi connectivity index (χ4v) is 2.28. The zero-order valence-corrected chi connectivity index (χ0v) is 10.7. The van der Waals surface area contributed by atoms with Gasteiger partial charge >= 0.3 is 6.03 Å². The number of rotatable bonds is 4. The molecule has 1 atom stereocenters. The summed E-state index contributed by atoms with van der Waals surface area (Å²) in [5, 5.41) is 14.6. The quantitative estimate of drug-likeness (QED) is 0.764. The van der Waals surface area contributed by atoms with Gasteiger partial charge in [-0.2, -0.15) is 0 Å². The van der Waals surface area contributed by atoms with E-state index in [-0.39, 0.29) is 18.7 Å². The molecule has 3 N–H and O–H groups in total. The van der Waals surface area contributed by atoms with Gasteiger partial charge in [-0.1, -0.05) is 13.0 Å². The van der Waals surface area contributed by atoms with Gasteiger partial charge in [0.05, 0.1) is 12.6 Å². The first-order valence-corrected chi connectivity index (χ1v) is 6.53. The number of amides is 2. The number of anilines is 1. The van der Waals surface area contributed by atoms with Crippen molar-refractivity contribution in [3.05, 3.63) is 29.3 Å². The van der Waals surface area contributed by atoms with Crippen molar-refractivity contribution in [3.63, 3.8) is 0 Å². The van der Waals surface area contributed by atoms with E-state index in [9.17, 15) is 4.79 Å². The van der Waals surface area contributed by atoms with Crippen LogP contribution in [0.25, 0.3) is 0 Å². The Bertz CT molecular complexity index is 428. The lowest BCUT2D eigenvalue weighted by Crippen LogP contribution is -2.39. The van der Waals surface area contributed by atoms with Crippen LogP contribution in [0, 0.1) is 0 Å². The molecule has 0 aliphatic heterocycles. The van der Waals surface area contributed by atoms with Crippen molar-refractivity contribution in [2.45, 2.75) is 38.6 Å². The van der Waals surface area contributed by atoms with Gasteiger partial charge in [-0.3, -0.25) is 0 Å². The molecule has 98 valence electrons. The third-order valence-electron chi connectivity index (χ3n) is 3.40. The summed E-state index contributed by atoms with van der Waals surface area (Å²) in [7, 11) is 0. The molecule has 1 aliphatic carbocycles. The van der Waals surface area contributed by atoms with Crippen LogP contribution >= 0.6 is 0 Å². The Hall–Kier alpha value is -1.55. The van der Waals surface area contributed by atoms with Gasteiger partial charge in [0.15, 0.2) is 0 Å². The molecule has 0 fully saturated rings. The van der Waals surface area contributed by atoms with Gasteiger partial charge in [-0.15, -0.1) is 0 Å². The molecule has 2 rings (SSSR count). The van der Waals surface area contributed by atoms with Crippen molar-refractivity contribution in [2.75, 3.05) is 11.9 Å². The SMILES string of the molecule is CCC(CO)NC(=O)Nc1ccc2c(c1)CCC2. The van der Waals surface area contributed by atoms with E-state index in [4.69, 9.17) is 5.11 Å². The summed E-state index contributed by atoms with van der Waals surface area (Å²) >= 11 is 0. The molecular formula is C14H20N2O2. The average molecular weight is 248 g/mol. The van der Waals surface area contributed by atoms with E-state index in [0.717, 1.165) is 18.5 Å². The third kappa shape index (κ3) is 3.01. The molecule has 1 unspecified atom stereocenters. The van der Waals surface area contributed by atoms with E-state index in [1.807, 2.05) is 19.1 Å². The molecule has 4 heteroatoms. The van der Waals surface area contributed by atoms with Gasteiger partial charge < -0.3 is 15.7 Å². The Morgan fingerprint density at radius 1 is 1.39 bits per heavy atom. The van der Waals surface area contributed by atoms with E-state index in [2.05, 4.69) is 16.7 Å². The lowest BCUT2D eigenvalue weighted by molar-refractivity contribution is 0.222. The summed E-state index contributed by atoms with van der Waals surface area (Å²) in [6, 6.07) is 5.63. The largest absolute Gasteiger partial charge is 0.394 e. The minimum absolute atomic E-state index is 0.0336. The number of aliphatic hydroxyl groups excluding tert-OH is 1. The molecule has 0 saturated carbocycles. The lowest BCUT2D eigenvalue weighted by atomic mass is 10.1. The highest BCUT2D eigenvalue weighted by molar-refractivity contribution is 5.89. The van der Waals surface area contributed by atoms with Gasteiger partial charge in [-0.25, -0.2) is 4.79 Å². The summed E-state index contributed by atoms with van der Waals surface area (Å²) < 4.78 is 0. The molecule has 0 spiro atoms. The molecule has 1 aliphatic rings. The van der Waals surface area contributed by atoms with Crippen molar-refractivity contribution in [1.82, 2.24) is 5.32 Å². The number of carbonyl (C=O) groups excluding carboxylic acids is 1. The van der Waals surface area contributed by atoms with E-state index in [0.29, 0.717) is 6.42 Å². The molecular weight excluding hydrogens is 228 g/mol. The number of aliphatic hydroxyl groups is 1. The van der Waals surface area contributed by atoms with Crippen molar-refractivity contribution >= 4 is 11.7 Å². The number of nitrogens with one attached hydrogen (secondary N) is 2. The summed E-state index contributed by atoms with van der Waals surface area (Å²) in [4.78, 5) is 11.7. The molecule has 2 amide bonds. The molecule has 4 nitrogen and oxygen atoms in total. The van der Waals surface area contributed by atoms with Crippen LogP contribution in [0.3, 0.4) is 0 Å². The molecule has 0 heterocycles. The average Bonchev–Trinajstić information content (AvgIpc) is 2.83. The van der Waals surface area contributed by atoms with Crippen LogP contribution in [0.2, 0.25) is 0 Å². The first-order chi connectivity index (χ1) is 8.72. The minimum Gasteiger partial charge on any atom is -0.394 e. The summed E-state index contributed by atoms with van der Waals surface area (Å²) in [6.45, 7) is 1.89. The topological polar surface area (TPSA) is 61.4 Å². The summed E-state index contributed by atoms with van der Waals surface area (Å²) in [5.41, 5.74) is 3.55. The van der Waals surface area contributed by atoms with Crippen LogP contribution in [0.4, 0.5) is 10.5 Å². The lowest BCUT2D eigenvalue weighted by Gasteiger charge is -2.15. The van der Waals surface area contributed by atoms with E-state index in [1.54, 1.807) is 0 Å². The Labute approximate surface area is 107 Å². The maximum absolute atomic E-state index is 11.7. The fraction of sp³-hybridized carbons (Fsp3) is 0.500. The fourth-order valence-electron chi connectivity index (χ4n) is 2.28.